The molecule has 0 bridgehead atoms. The standard InChI is InChI=1S/C16H13FN2OS/c1-10-6-7-11(8-12(10)17)16(20)18-9-15-19-13-4-2-3-5-14(13)21-15/h2-8H,9H2,1H3,(H,18,20). The molecule has 0 radical (unpaired) electrons. The molecule has 106 valence electrons. The number of carbonyl (C=O) groups excluding carboxylic acids is 1. The van der Waals surface area contributed by atoms with Crippen molar-refractivity contribution >= 4 is 27.5 Å². The Hall–Kier alpha value is -2.27. The Labute approximate surface area is 125 Å². The van der Waals surface area contributed by atoms with Gasteiger partial charge in [0.15, 0.2) is 0 Å². The molecule has 0 atom stereocenters. The first-order chi connectivity index (χ1) is 10.1. The molecule has 1 amide bonds. The molecule has 0 aliphatic rings. The third-order valence-corrected chi connectivity index (χ3v) is 4.21. The Morgan fingerprint density at radius 3 is 2.86 bits per heavy atom. The highest BCUT2D eigenvalue weighted by Crippen LogP contribution is 2.21. The van der Waals surface area contributed by atoms with E-state index >= 15 is 0 Å². The summed E-state index contributed by atoms with van der Waals surface area (Å²) >= 11 is 1.54. The molecule has 3 nitrogen and oxygen atoms in total. The van der Waals surface area contributed by atoms with Crippen molar-refractivity contribution in [3.63, 3.8) is 0 Å². The number of benzene rings is 2. The minimum atomic E-state index is -0.373. The van der Waals surface area contributed by atoms with Gasteiger partial charge < -0.3 is 5.32 Å². The first kappa shape index (κ1) is 13.7. The fraction of sp³-hybridized carbons (Fsp3) is 0.125. The molecular weight excluding hydrogens is 287 g/mol. The van der Waals surface area contributed by atoms with Crippen molar-refractivity contribution in [2.45, 2.75) is 13.5 Å². The lowest BCUT2D eigenvalue weighted by atomic mass is 10.1. The minimum Gasteiger partial charge on any atom is -0.346 e. The van der Waals surface area contributed by atoms with Gasteiger partial charge in [-0.25, -0.2) is 9.37 Å². The lowest BCUT2D eigenvalue weighted by molar-refractivity contribution is 0.0950. The third kappa shape index (κ3) is 2.92. The average Bonchev–Trinajstić information content (AvgIpc) is 2.90. The number of aryl methyl sites for hydroxylation is 1. The number of amides is 1. The van der Waals surface area contributed by atoms with Crippen LogP contribution in [0.3, 0.4) is 0 Å². The Bertz CT molecular complexity index is 780. The molecule has 3 aromatic rings. The van der Waals surface area contributed by atoms with Gasteiger partial charge in [-0.05, 0) is 36.8 Å². The number of aromatic nitrogens is 1. The molecule has 0 unspecified atom stereocenters. The van der Waals surface area contributed by atoms with Gasteiger partial charge in [-0.1, -0.05) is 18.2 Å². The normalized spacial score (nSPS) is 10.8. The van der Waals surface area contributed by atoms with E-state index in [4.69, 9.17) is 0 Å². The fourth-order valence-electron chi connectivity index (χ4n) is 1.99. The van der Waals surface area contributed by atoms with Crippen LogP contribution < -0.4 is 5.32 Å². The quantitative estimate of drug-likeness (QED) is 0.802. The van der Waals surface area contributed by atoms with Crippen LogP contribution >= 0.6 is 11.3 Å². The lowest BCUT2D eigenvalue weighted by Crippen LogP contribution is -2.22. The molecule has 0 saturated heterocycles. The molecule has 0 saturated carbocycles. The van der Waals surface area contributed by atoms with Gasteiger partial charge >= 0.3 is 0 Å². The predicted octanol–water partition coefficient (Wildman–Crippen LogP) is 3.67. The zero-order valence-corrected chi connectivity index (χ0v) is 12.2. The van der Waals surface area contributed by atoms with Crippen molar-refractivity contribution in [1.29, 1.82) is 0 Å². The van der Waals surface area contributed by atoms with Crippen LogP contribution in [0.1, 0.15) is 20.9 Å². The van der Waals surface area contributed by atoms with Crippen LogP contribution in [0, 0.1) is 12.7 Å². The van der Waals surface area contributed by atoms with Gasteiger partial charge in [-0.2, -0.15) is 0 Å². The summed E-state index contributed by atoms with van der Waals surface area (Å²) in [6.07, 6.45) is 0. The van der Waals surface area contributed by atoms with Gasteiger partial charge in [0.2, 0.25) is 0 Å². The molecule has 3 rings (SSSR count). The highest BCUT2D eigenvalue weighted by atomic mass is 32.1. The second-order valence-electron chi connectivity index (χ2n) is 4.72. The Kier molecular flexibility index (Phi) is 3.66. The third-order valence-electron chi connectivity index (χ3n) is 3.17. The van der Waals surface area contributed by atoms with E-state index in [2.05, 4.69) is 10.3 Å². The summed E-state index contributed by atoms with van der Waals surface area (Å²) in [6, 6.07) is 12.3. The SMILES string of the molecule is Cc1ccc(C(=O)NCc2nc3ccccc3s2)cc1F. The van der Waals surface area contributed by atoms with E-state index in [1.54, 1.807) is 30.4 Å². The maximum absolute atomic E-state index is 13.5. The zero-order chi connectivity index (χ0) is 14.8. The second kappa shape index (κ2) is 5.61. The molecule has 0 aliphatic carbocycles. The fourth-order valence-corrected chi connectivity index (χ4v) is 2.89. The first-order valence-electron chi connectivity index (χ1n) is 6.52. The number of rotatable bonds is 3. The number of carbonyl (C=O) groups is 1. The van der Waals surface area contributed by atoms with Crippen molar-refractivity contribution in [2.24, 2.45) is 0 Å². The maximum Gasteiger partial charge on any atom is 0.251 e. The van der Waals surface area contributed by atoms with E-state index in [-0.39, 0.29) is 11.7 Å². The largest absolute Gasteiger partial charge is 0.346 e. The minimum absolute atomic E-state index is 0.298. The molecule has 0 fully saturated rings. The van der Waals surface area contributed by atoms with E-state index in [1.807, 2.05) is 24.3 Å². The summed E-state index contributed by atoms with van der Waals surface area (Å²) in [5, 5.41) is 3.60. The number of fused-ring (bicyclic) bond motifs is 1. The zero-order valence-electron chi connectivity index (χ0n) is 11.4. The molecule has 1 N–H and O–H groups in total. The Morgan fingerprint density at radius 1 is 1.29 bits per heavy atom. The number of nitrogens with zero attached hydrogens (tertiary/aromatic N) is 1. The number of nitrogens with one attached hydrogen (secondary N) is 1. The van der Waals surface area contributed by atoms with Crippen LogP contribution in [0.5, 0.6) is 0 Å². The summed E-state index contributed by atoms with van der Waals surface area (Å²) in [5.41, 5.74) is 1.77. The Morgan fingerprint density at radius 2 is 2.10 bits per heavy atom. The molecular formula is C16H13FN2OS. The lowest BCUT2D eigenvalue weighted by Gasteiger charge is -2.04. The van der Waals surface area contributed by atoms with Gasteiger partial charge in [-0.15, -0.1) is 11.3 Å². The van der Waals surface area contributed by atoms with Gasteiger partial charge in [0.1, 0.15) is 10.8 Å². The van der Waals surface area contributed by atoms with Crippen LogP contribution in [0.4, 0.5) is 4.39 Å². The highest BCUT2D eigenvalue weighted by Gasteiger charge is 2.09. The van der Waals surface area contributed by atoms with E-state index < -0.39 is 0 Å². The van der Waals surface area contributed by atoms with Crippen molar-refractivity contribution in [3.8, 4) is 0 Å². The summed E-state index contributed by atoms with van der Waals surface area (Å²) < 4.78 is 14.5. The average molecular weight is 300 g/mol. The number of halogens is 1. The van der Waals surface area contributed by atoms with Crippen LogP contribution in [0.2, 0.25) is 0 Å². The second-order valence-corrected chi connectivity index (χ2v) is 5.84. The molecule has 0 aliphatic heterocycles. The smallest absolute Gasteiger partial charge is 0.251 e. The molecule has 5 heteroatoms. The molecule has 1 aromatic heterocycles. The maximum atomic E-state index is 13.5. The van der Waals surface area contributed by atoms with Crippen LogP contribution in [0.15, 0.2) is 42.5 Å². The van der Waals surface area contributed by atoms with E-state index in [0.29, 0.717) is 17.7 Å². The summed E-state index contributed by atoms with van der Waals surface area (Å²) in [4.78, 5) is 16.4. The summed E-state index contributed by atoms with van der Waals surface area (Å²) in [7, 11) is 0. The van der Waals surface area contributed by atoms with Crippen molar-refractivity contribution in [2.75, 3.05) is 0 Å². The van der Waals surface area contributed by atoms with Crippen molar-refractivity contribution in [1.82, 2.24) is 10.3 Å². The molecule has 21 heavy (non-hydrogen) atoms. The molecule has 2 aromatic carbocycles. The number of thiazole rings is 1. The Balaban J connectivity index is 1.71. The number of hydrogen-bond donors (Lipinski definition) is 1. The van der Waals surface area contributed by atoms with E-state index in [1.165, 1.54) is 6.07 Å². The molecule has 0 spiro atoms. The first-order valence-corrected chi connectivity index (χ1v) is 7.34. The van der Waals surface area contributed by atoms with E-state index in [0.717, 1.165) is 15.2 Å². The van der Waals surface area contributed by atoms with Crippen molar-refractivity contribution < 1.29 is 9.18 Å². The van der Waals surface area contributed by atoms with Crippen LogP contribution in [-0.2, 0) is 6.54 Å². The number of hydrogen-bond acceptors (Lipinski definition) is 3. The summed E-state index contributed by atoms with van der Waals surface area (Å²) in [5.74, 6) is -0.671. The van der Waals surface area contributed by atoms with Crippen LogP contribution in [0.25, 0.3) is 10.2 Å². The van der Waals surface area contributed by atoms with Crippen molar-refractivity contribution in [3.05, 3.63) is 64.4 Å². The van der Waals surface area contributed by atoms with Gasteiger partial charge in [0.25, 0.3) is 5.91 Å². The van der Waals surface area contributed by atoms with E-state index in [9.17, 15) is 9.18 Å². The van der Waals surface area contributed by atoms with Gasteiger partial charge in [-0.3, -0.25) is 4.79 Å². The van der Waals surface area contributed by atoms with Crippen LogP contribution in [-0.4, -0.2) is 10.9 Å². The highest BCUT2D eigenvalue weighted by molar-refractivity contribution is 7.18. The monoisotopic (exact) mass is 300 g/mol. The predicted molar refractivity (Wildman–Crippen MR) is 81.9 cm³/mol. The topological polar surface area (TPSA) is 42.0 Å². The van der Waals surface area contributed by atoms with Gasteiger partial charge in [0.05, 0.1) is 16.8 Å². The molecule has 1 heterocycles. The van der Waals surface area contributed by atoms with Gasteiger partial charge in [0, 0.05) is 5.56 Å². The summed E-state index contributed by atoms with van der Waals surface area (Å²) in [6.45, 7) is 2.01. The number of para-hydroxylation sites is 1.